The topological polar surface area (TPSA) is 138 Å². The van der Waals surface area contributed by atoms with Gasteiger partial charge in [0.2, 0.25) is 11.9 Å². The van der Waals surface area contributed by atoms with Crippen molar-refractivity contribution < 1.29 is 19.0 Å². The van der Waals surface area contributed by atoms with Crippen molar-refractivity contribution in [3.8, 4) is 29.1 Å². The van der Waals surface area contributed by atoms with E-state index in [0.29, 0.717) is 48.3 Å². The van der Waals surface area contributed by atoms with E-state index in [-0.39, 0.29) is 17.3 Å². The van der Waals surface area contributed by atoms with Crippen molar-refractivity contribution in [2.75, 3.05) is 23.8 Å². The van der Waals surface area contributed by atoms with E-state index in [9.17, 15) is 14.9 Å². The number of carbonyl (C=O) groups is 1. The van der Waals surface area contributed by atoms with E-state index in [2.05, 4.69) is 26.7 Å². The first-order chi connectivity index (χ1) is 19.1. The minimum Gasteiger partial charge on any atom is -0.486 e. The number of nitriles is 1. The molecule has 6 rings (SSSR count). The zero-order chi connectivity index (χ0) is 26.8. The van der Waals surface area contributed by atoms with E-state index in [4.69, 9.17) is 14.2 Å². The Balaban J connectivity index is 1.30. The molecule has 0 saturated heterocycles. The van der Waals surface area contributed by atoms with Crippen LogP contribution in [-0.4, -0.2) is 29.1 Å². The fourth-order valence-electron chi connectivity index (χ4n) is 4.73. The quantitative estimate of drug-likeness (QED) is 0.344. The number of aromatic amines is 1. The number of benzene rings is 3. The van der Waals surface area contributed by atoms with Crippen molar-refractivity contribution in [1.82, 2.24) is 9.97 Å². The molecule has 2 aliphatic heterocycles. The van der Waals surface area contributed by atoms with Crippen LogP contribution in [0.15, 0.2) is 77.6 Å². The third-order valence-electron chi connectivity index (χ3n) is 6.53. The maximum absolute atomic E-state index is 13.4. The Morgan fingerprint density at radius 2 is 1.77 bits per heavy atom. The number of rotatable bonds is 6. The van der Waals surface area contributed by atoms with Gasteiger partial charge in [0, 0.05) is 12.5 Å². The van der Waals surface area contributed by atoms with Crippen molar-refractivity contribution in [3.05, 3.63) is 99.8 Å². The van der Waals surface area contributed by atoms with Gasteiger partial charge < -0.3 is 24.8 Å². The Labute approximate surface area is 223 Å². The molecule has 2 unspecified atom stereocenters. The molecule has 2 aliphatic rings. The van der Waals surface area contributed by atoms with E-state index in [1.165, 1.54) is 0 Å². The summed E-state index contributed by atoms with van der Waals surface area (Å²) in [5.74, 6) is 0.313. The maximum atomic E-state index is 13.4. The fraction of sp³-hybridized carbons (Fsp3) is 0.172. The maximum Gasteiger partial charge on any atom is 0.258 e. The first-order valence-corrected chi connectivity index (χ1v) is 12.4. The van der Waals surface area contributed by atoms with Gasteiger partial charge in [-0.05, 0) is 47.5 Å². The second kappa shape index (κ2) is 10.2. The van der Waals surface area contributed by atoms with Gasteiger partial charge in [0.05, 0.1) is 11.6 Å². The molecule has 194 valence electrons. The monoisotopic (exact) mass is 521 g/mol. The molecule has 1 aromatic heterocycles. The highest BCUT2D eigenvalue weighted by Crippen LogP contribution is 2.39. The Morgan fingerprint density at radius 3 is 2.59 bits per heavy atom. The zero-order valence-corrected chi connectivity index (χ0v) is 20.6. The summed E-state index contributed by atoms with van der Waals surface area (Å²) in [6.45, 7) is 1.33. The van der Waals surface area contributed by atoms with Crippen LogP contribution in [0.25, 0.3) is 0 Å². The highest BCUT2D eigenvalue weighted by Gasteiger charge is 2.40. The SMILES string of the molecule is N#CC1C(=O)Nc2nc(NCc3ccc4c(c3)OCCO4)[nH]c(=O)c2C1c1cccc(Oc2ccccc2)c1. The van der Waals surface area contributed by atoms with Crippen LogP contribution in [-0.2, 0) is 11.3 Å². The number of amides is 1. The van der Waals surface area contributed by atoms with Crippen molar-refractivity contribution in [3.63, 3.8) is 0 Å². The highest BCUT2D eigenvalue weighted by atomic mass is 16.6. The Hall–Kier alpha value is -5.30. The summed E-state index contributed by atoms with van der Waals surface area (Å²) in [6, 6.07) is 23.9. The number of H-pyrrole nitrogens is 1. The molecule has 0 spiro atoms. The van der Waals surface area contributed by atoms with Gasteiger partial charge in [-0.3, -0.25) is 14.6 Å². The van der Waals surface area contributed by atoms with Gasteiger partial charge >= 0.3 is 0 Å². The van der Waals surface area contributed by atoms with Crippen LogP contribution in [0, 0.1) is 17.2 Å². The normalized spacial score (nSPS) is 17.4. The van der Waals surface area contributed by atoms with Gasteiger partial charge in [0.25, 0.3) is 5.56 Å². The largest absolute Gasteiger partial charge is 0.486 e. The van der Waals surface area contributed by atoms with Gasteiger partial charge in [-0.2, -0.15) is 10.2 Å². The molecule has 39 heavy (non-hydrogen) atoms. The average molecular weight is 522 g/mol. The van der Waals surface area contributed by atoms with Gasteiger partial charge in [-0.25, -0.2) is 0 Å². The lowest BCUT2D eigenvalue weighted by atomic mass is 9.79. The van der Waals surface area contributed by atoms with Gasteiger partial charge in [-0.15, -0.1) is 0 Å². The summed E-state index contributed by atoms with van der Waals surface area (Å²) in [5, 5.41) is 15.6. The van der Waals surface area contributed by atoms with E-state index in [0.717, 1.165) is 5.56 Å². The summed E-state index contributed by atoms with van der Waals surface area (Å²) in [5.41, 5.74) is 1.24. The number of hydrogen-bond acceptors (Lipinski definition) is 8. The molecular formula is C29H23N5O5. The number of carbonyl (C=O) groups excluding carboxylic acids is 1. The second-order valence-electron chi connectivity index (χ2n) is 9.07. The van der Waals surface area contributed by atoms with Gasteiger partial charge in [0.15, 0.2) is 11.5 Å². The molecule has 3 aromatic carbocycles. The first-order valence-electron chi connectivity index (χ1n) is 12.4. The van der Waals surface area contributed by atoms with E-state index < -0.39 is 23.3 Å². The summed E-state index contributed by atoms with van der Waals surface area (Å²) in [4.78, 5) is 33.5. The molecule has 0 fully saturated rings. The lowest BCUT2D eigenvalue weighted by molar-refractivity contribution is -0.119. The zero-order valence-electron chi connectivity index (χ0n) is 20.6. The number of hydrogen-bond donors (Lipinski definition) is 3. The molecule has 0 aliphatic carbocycles. The third kappa shape index (κ3) is 4.85. The molecule has 1 amide bonds. The van der Waals surface area contributed by atoms with Crippen LogP contribution in [0.5, 0.6) is 23.0 Å². The average Bonchev–Trinajstić information content (AvgIpc) is 2.96. The summed E-state index contributed by atoms with van der Waals surface area (Å²) in [6.07, 6.45) is 0. The van der Waals surface area contributed by atoms with Crippen molar-refractivity contribution in [2.24, 2.45) is 5.92 Å². The molecule has 10 nitrogen and oxygen atoms in total. The molecule has 0 bridgehead atoms. The molecule has 3 N–H and O–H groups in total. The third-order valence-corrected chi connectivity index (χ3v) is 6.53. The highest BCUT2D eigenvalue weighted by molar-refractivity contribution is 5.98. The number of nitrogens with one attached hydrogen (secondary N) is 3. The van der Waals surface area contributed by atoms with E-state index in [1.54, 1.807) is 24.3 Å². The number of fused-ring (bicyclic) bond motifs is 2. The van der Waals surface area contributed by atoms with Crippen molar-refractivity contribution in [1.29, 1.82) is 5.26 Å². The van der Waals surface area contributed by atoms with E-state index in [1.807, 2.05) is 48.5 Å². The Kier molecular flexibility index (Phi) is 6.31. The molecule has 0 radical (unpaired) electrons. The van der Waals surface area contributed by atoms with Crippen LogP contribution in [0.4, 0.5) is 11.8 Å². The predicted octanol–water partition coefficient (Wildman–Crippen LogP) is 4.17. The van der Waals surface area contributed by atoms with Crippen molar-refractivity contribution in [2.45, 2.75) is 12.5 Å². The Morgan fingerprint density at radius 1 is 0.974 bits per heavy atom. The summed E-state index contributed by atoms with van der Waals surface area (Å²) in [7, 11) is 0. The lowest BCUT2D eigenvalue weighted by Crippen LogP contribution is -2.38. The van der Waals surface area contributed by atoms with Crippen LogP contribution in [0.3, 0.4) is 0 Å². The van der Waals surface area contributed by atoms with Crippen LogP contribution in [0.1, 0.15) is 22.6 Å². The van der Waals surface area contributed by atoms with Gasteiger partial charge in [-0.1, -0.05) is 36.4 Å². The minimum atomic E-state index is -1.12. The standard InChI is InChI=1S/C29H23N5O5/c30-15-21-24(18-5-4-8-20(14-18)39-19-6-2-1-3-7-19)25-26(32-27(21)35)33-29(34-28(25)36)31-16-17-9-10-22-23(13-17)38-12-11-37-22/h1-10,13-14,21,24H,11-12,16H2,(H3,31,32,33,34,35,36). The number of ether oxygens (including phenoxy) is 3. The van der Waals surface area contributed by atoms with Gasteiger partial charge in [0.1, 0.15) is 36.4 Å². The molecule has 10 heteroatoms. The second-order valence-corrected chi connectivity index (χ2v) is 9.07. The van der Waals surface area contributed by atoms with E-state index >= 15 is 0 Å². The smallest absolute Gasteiger partial charge is 0.258 e. The Bertz CT molecular complexity index is 1650. The number of aromatic nitrogens is 2. The lowest BCUT2D eigenvalue weighted by Gasteiger charge is -2.28. The molecule has 0 saturated carbocycles. The molecule has 3 heterocycles. The number of nitrogens with zero attached hydrogens (tertiary/aromatic N) is 2. The minimum absolute atomic E-state index is 0.110. The molecule has 2 atom stereocenters. The van der Waals surface area contributed by atoms with Crippen LogP contribution in [0.2, 0.25) is 0 Å². The summed E-state index contributed by atoms with van der Waals surface area (Å²) < 4.78 is 17.1. The molecular weight excluding hydrogens is 498 g/mol. The van der Waals surface area contributed by atoms with Crippen molar-refractivity contribution >= 4 is 17.7 Å². The first kappa shape index (κ1) is 24.1. The summed E-state index contributed by atoms with van der Waals surface area (Å²) >= 11 is 0. The number of anilines is 2. The number of para-hydroxylation sites is 1. The fourth-order valence-corrected chi connectivity index (χ4v) is 4.73. The molecule has 4 aromatic rings. The predicted molar refractivity (Wildman–Crippen MR) is 142 cm³/mol. The van der Waals surface area contributed by atoms with Crippen LogP contribution < -0.4 is 30.4 Å². The van der Waals surface area contributed by atoms with Crippen LogP contribution >= 0.6 is 0 Å².